The van der Waals surface area contributed by atoms with E-state index in [-0.39, 0.29) is 5.56 Å². The Morgan fingerprint density at radius 3 is 2.14 bits per heavy atom. The molecule has 0 aliphatic heterocycles. The first-order valence-corrected chi connectivity index (χ1v) is 10.3. The van der Waals surface area contributed by atoms with Crippen molar-refractivity contribution in [1.82, 2.24) is 0 Å². The molecule has 0 bridgehead atoms. The van der Waals surface area contributed by atoms with Gasteiger partial charge in [-0.05, 0) is 48.9 Å². The molecule has 0 fully saturated rings. The SMILES string of the molecule is CCCCc1ccc(C=NN=C(CCC)c2cc(F)c(CCC)c(F)c2)cc1. The fourth-order valence-corrected chi connectivity index (χ4v) is 3.06. The van der Waals surface area contributed by atoms with Crippen LogP contribution in [-0.2, 0) is 12.8 Å². The number of aryl methyl sites for hydroxylation is 1. The summed E-state index contributed by atoms with van der Waals surface area (Å²) in [5, 5.41) is 8.43. The first kappa shape index (κ1) is 21.9. The van der Waals surface area contributed by atoms with Crippen molar-refractivity contribution in [2.45, 2.75) is 65.7 Å². The largest absolute Gasteiger partial charge is 0.207 e. The molecular formula is C24H30F2N2. The molecule has 0 radical (unpaired) electrons. The lowest BCUT2D eigenvalue weighted by molar-refractivity contribution is 0.552. The number of hydrogen-bond donors (Lipinski definition) is 0. The molecule has 2 aromatic carbocycles. The van der Waals surface area contributed by atoms with E-state index in [0.717, 1.165) is 18.4 Å². The van der Waals surface area contributed by atoms with Crippen LogP contribution >= 0.6 is 0 Å². The topological polar surface area (TPSA) is 24.7 Å². The molecule has 0 saturated heterocycles. The minimum Gasteiger partial charge on any atom is -0.207 e. The summed E-state index contributed by atoms with van der Waals surface area (Å²) in [6, 6.07) is 11.0. The standard InChI is InChI=1S/C24H30F2N2/c1-4-7-10-18-11-13-19(14-12-18)17-27-28-24(9-6-3)20-15-22(25)21(8-5-2)23(26)16-20/h11-17H,4-10H2,1-3H3. The molecule has 0 saturated carbocycles. The van der Waals surface area contributed by atoms with Gasteiger partial charge in [-0.25, -0.2) is 8.78 Å². The molecule has 0 N–H and O–H groups in total. The summed E-state index contributed by atoms with van der Waals surface area (Å²) in [4.78, 5) is 0. The van der Waals surface area contributed by atoms with E-state index in [0.29, 0.717) is 30.5 Å². The van der Waals surface area contributed by atoms with Crippen molar-refractivity contribution >= 4 is 11.9 Å². The second kappa shape index (κ2) is 11.5. The first-order chi connectivity index (χ1) is 13.6. The number of unbranched alkanes of at least 4 members (excludes halogenated alkanes) is 1. The van der Waals surface area contributed by atoms with Crippen LogP contribution in [0.2, 0.25) is 0 Å². The Morgan fingerprint density at radius 2 is 1.57 bits per heavy atom. The van der Waals surface area contributed by atoms with E-state index in [4.69, 9.17) is 0 Å². The quantitative estimate of drug-likeness (QED) is 0.315. The van der Waals surface area contributed by atoms with Gasteiger partial charge in [-0.2, -0.15) is 10.2 Å². The molecule has 0 aromatic heterocycles. The number of benzene rings is 2. The molecule has 2 aromatic rings. The molecule has 28 heavy (non-hydrogen) atoms. The fourth-order valence-electron chi connectivity index (χ4n) is 3.06. The average Bonchev–Trinajstić information content (AvgIpc) is 2.69. The highest BCUT2D eigenvalue weighted by Gasteiger charge is 2.13. The maximum atomic E-state index is 14.3. The van der Waals surface area contributed by atoms with Crippen LogP contribution in [0.3, 0.4) is 0 Å². The Kier molecular flexibility index (Phi) is 8.99. The Morgan fingerprint density at radius 1 is 0.893 bits per heavy atom. The Hall–Kier alpha value is -2.36. The molecule has 4 heteroatoms. The van der Waals surface area contributed by atoms with Crippen LogP contribution in [0.25, 0.3) is 0 Å². The van der Waals surface area contributed by atoms with E-state index in [2.05, 4.69) is 29.3 Å². The van der Waals surface area contributed by atoms with Gasteiger partial charge in [0.2, 0.25) is 0 Å². The highest BCUT2D eigenvalue weighted by Crippen LogP contribution is 2.19. The van der Waals surface area contributed by atoms with Gasteiger partial charge in [-0.3, -0.25) is 0 Å². The molecule has 0 aliphatic rings. The van der Waals surface area contributed by atoms with E-state index in [9.17, 15) is 8.78 Å². The zero-order valence-corrected chi connectivity index (χ0v) is 17.1. The summed E-state index contributed by atoms with van der Waals surface area (Å²) >= 11 is 0. The molecule has 0 atom stereocenters. The van der Waals surface area contributed by atoms with Crippen LogP contribution in [-0.4, -0.2) is 11.9 Å². The third kappa shape index (κ3) is 6.36. The van der Waals surface area contributed by atoms with Crippen LogP contribution < -0.4 is 0 Å². The normalized spacial score (nSPS) is 12.1. The van der Waals surface area contributed by atoms with Gasteiger partial charge in [0.25, 0.3) is 0 Å². The summed E-state index contributed by atoms with van der Waals surface area (Å²) in [7, 11) is 0. The maximum absolute atomic E-state index is 14.3. The van der Waals surface area contributed by atoms with Crippen molar-refractivity contribution in [2.24, 2.45) is 10.2 Å². The van der Waals surface area contributed by atoms with E-state index >= 15 is 0 Å². The van der Waals surface area contributed by atoms with Crippen LogP contribution in [0.5, 0.6) is 0 Å². The zero-order valence-electron chi connectivity index (χ0n) is 17.1. The lowest BCUT2D eigenvalue weighted by atomic mass is 10.0. The van der Waals surface area contributed by atoms with Crippen molar-refractivity contribution in [1.29, 1.82) is 0 Å². The molecule has 0 spiro atoms. The second-order valence-corrected chi connectivity index (χ2v) is 7.05. The van der Waals surface area contributed by atoms with E-state index in [1.165, 1.54) is 30.5 Å². The summed E-state index contributed by atoms with van der Waals surface area (Å²) in [5.41, 5.74) is 3.47. The summed E-state index contributed by atoms with van der Waals surface area (Å²) < 4.78 is 28.6. The number of rotatable bonds is 10. The fraction of sp³-hybridized carbons (Fsp3) is 0.417. The van der Waals surface area contributed by atoms with Crippen LogP contribution in [0, 0.1) is 11.6 Å². The Labute approximate surface area is 167 Å². The van der Waals surface area contributed by atoms with Crippen molar-refractivity contribution in [2.75, 3.05) is 0 Å². The number of halogens is 2. The van der Waals surface area contributed by atoms with Crippen LogP contribution in [0.1, 0.15) is 75.1 Å². The third-order valence-electron chi connectivity index (χ3n) is 4.65. The minimum absolute atomic E-state index is 0.147. The minimum atomic E-state index is -0.507. The Bertz CT molecular complexity index is 785. The molecule has 2 rings (SSSR count). The monoisotopic (exact) mass is 384 g/mol. The predicted octanol–water partition coefficient (Wildman–Crippen LogP) is 6.88. The second-order valence-electron chi connectivity index (χ2n) is 7.05. The molecular weight excluding hydrogens is 354 g/mol. The molecule has 0 amide bonds. The van der Waals surface area contributed by atoms with Crippen molar-refractivity contribution in [3.63, 3.8) is 0 Å². The lowest BCUT2D eigenvalue weighted by Crippen LogP contribution is -2.05. The molecule has 2 nitrogen and oxygen atoms in total. The van der Waals surface area contributed by atoms with E-state index in [1.54, 1.807) is 6.21 Å². The molecule has 0 aliphatic carbocycles. The molecule has 150 valence electrons. The third-order valence-corrected chi connectivity index (χ3v) is 4.65. The summed E-state index contributed by atoms with van der Waals surface area (Å²) in [6.45, 7) is 6.09. The average molecular weight is 385 g/mol. The predicted molar refractivity (Wildman–Crippen MR) is 114 cm³/mol. The van der Waals surface area contributed by atoms with Crippen LogP contribution in [0.15, 0.2) is 46.6 Å². The van der Waals surface area contributed by atoms with E-state index in [1.807, 2.05) is 26.0 Å². The first-order valence-electron chi connectivity index (χ1n) is 10.3. The van der Waals surface area contributed by atoms with Gasteiger partial charge in [-0.1, -0.05) is 64.3 Å². The lowest BCUT2D eigenvalue weighted by Gasteiger charge is -2.08. The molecule has 0 unspecified atom stereocenters. The van der Waals surface area contributed by atoms with Gasteiger partial charge in [0, 0.05) is 11.1 Å². The van der Waals surface area contributed by atoms with Gasteiger partial charge >= 0.3 is 0 Å². The van der Waals surface area contributed by atoms with Crippen molar-refractivity contribution in [3.8, 4) is 0 Å². The van der Waals surface area contributed by atoms with Gasteiger partial charge in [0.1, 0.15) is 11.6 Å². The van der Waals surface area contributed by atoms with Gasteiger partial charge in [0.15, 0.2) is 0 Å². The van der Waals surface area contributed by atoms with Gasteiger partial charge < -0.3 is 0 Å². The number of nitrogens with zero attached hydrogens (tertiary/aromatic N) is 2. The summed E-state index contributed by atoms with van der Waals surface area (Å²) in [5.74, 6) is -1.01. The van der Waals surface area contributed by atoms with Crippen molar-refractivity contribution < 1.29 is 8.78 Å². The molecule has 0 heterocycles. The maximum Gasteiger partial charge on any atom is 0.129 e. The van der Waals surface area contributed by atoms with Gasteiger partial charge in [0.05, 0.1) is 11.9 Å². The highest BCUT2D eigenvalue weighted by molar-refractivity contribution is 6.00. The van der Waals surface area contributed by atoms with Gasteiger partial charge in [-0.15, -0.1) is 0 Å². The smallest absolute Gasteiger partial charge is 0.129 e. The van der Waals surface area contributed by atoms with Crippen LogP contribution in [0.4, 0.5) is 8.78 Å². The van der Waals surface area contributed by atoms with Crippen molar-refractivity contribution in [3.05, 3.63) is 70.3 Å². The summed E-state index contributed by atoms with van der Waals surface area (Å²) in [6.07, 6.45) is 7.64. The Balaban J connectivity index is 2.19. The van der Waals surface area contributed by atoms with E-state index < -0.39 is 11.6 Å². The highest BCUT2D eigenvalue weighted by atomic mass is 19.1. The number of hydrogen-bond acceptors (Lipinski definition) is 2. The zero-order chi connectivity index (χ0) is 20.4.